The Hall–Kier alpha value is -4.58. The number of Topliss-reactive ketones (excluding diaryl/α,β-unsaturated/α-hetero) is 1. The highest BCUT2D eigenvalue weighted by atomic mass is 16.5. The molecule has 0 fully saturated rings. The molecule has 0 unspecified atom stereocenters. The van der Waals surface area contributed by atoms with Crippen LogP contribution < -0.4 is 16.4 Å². The van der Waals surface area contributed by atoms with Crippen LogP contribution in [0.4, 0.5) is 0 Å². The zero-order valence-electron chi connectivity index (χ0n) is 20.1. The molecule has 2 aromatic rings. The van der Waals surface area contributed by atoms with Crippen LogP contribution in [0.15, 0.2) is 54.6 Å². The summed E-state index contributed by atoms with van der Waals surface area (Å²) in [6.07, 6.45) is -0.913. The van der Waals surface area contributed by atoms with Gasteiger partial charge in [0.1, 0.15) is 17.7 Å². The van der Waals surface area contributed by atoms with Gasteiger partial charge in [0.2, 0.25) is 5.91 Å². The monoisotopic (exact) mass is 511 g/mol. The summed E-state index contributed by atoms with van der Waals surface area (Å²) in [6, 6.07) is 11.2. The van der Waals surface area contributed by atoms with Crippen molar-refractivity contribution in [3.8, 4) is 0 Å². The second-order valence-corrected chi connectivity index (χ2v) is 8.25. The van der Waals surface area contributed by atoms with Crippen molar-refractivity contribution in [2.75, 3.05) is 6.54 Å². The average Bonchev–Trinajstić information content (AvgIpc) is 2.86. The van der Waals surface area contributed by atoms with Gasteiger partial charge in [0.05, 0.1) is 0 Å². The number of nitrogens with two attached hydrogens (primary N) is 1. The number of nitrogen functional groups attached to an aromatic ring is 1. The number of aliphatic carboxylic acids is 1. The Kier molecular flexibility index (Phi) is 10.5. The summed E-state index contributed by atoms with van der Waals surface area (Å²) < 4.78 is 0. The first kappa shape index (κ1) is 28.7. The van der Waals surface area contributed by atoms with Crippen LogP contribution in [-0.2, 0) is 25.6 Å². The van der Waals surface area contributed by atoms with E-state index in [0.29, 0.717) is 11.1 Å². The molecule has 196 valence electrons. The van der Waals surface area contributed by atoms with Gasteiger partial charge < -0.3 is 21.5 Å². The number of nitrogens with one attached hydrogen (secondary N) is 3. The van der Waals surface area contributed by atoms with Crippen molar-refractivity contribution in [1.82, 2.24) is 15.7 Å². The molecule has 0 aromatic heterocycles. The number of hydroxylamine groups is 2. The number of carbonyl (C=O) groups is 5. The highest BCUT2D eigenvalue weighted by Gasteiger charge is 2.34. The standard InChI is InChI=1S/C25H29N5O7/c1-15(31)13-19(24(34)30(37)20(25(35)36)14-16-5-3-2-4-6-16)29-21(32)11-12-28-23(33)18-9-7-17(8-10-18)22(26)27/h2-10,19-20,37H,11-14H2,1H3,(H3,26,27)(H,28,33)(H,29,32)(H,35,36)/t19-,20-/m0/s1. The lowest BCUT2D eigenvalue weighted by molar-refractivity contribution is -0.188. The van der Waals surface area contributed by atoms with Gasteiger partial charge in [0.15, 0.2) is 6.04 Å². The molecule has 2 aromatic carbocycles. The van der Waals surface area contributed by atoms with Crippen LogP contribution in [0.2, 0.25) is 0 Å². The number of benzene rings is 2. The van der Waals surface area contributed by atoms with Gasteiger partial charge in [-0.2, -0.15) is 0 Å². The number of carboxylic acid groups (broad SMARTS) is 1. The molecule has 2 rings (SSSR count). The quantitative estimate of drug-likeness (QED) is 0.0963. The predicted molar refractivity (Wildman–Crippen MR) is 132 cm³/mol. The zero-order valence-corrected chi connectivity index (χ0v) is 20.1. The molecule has 0 saturated carbocycles. The molecule has 0 radical (unpaired) electrons. The maximum atomic E-state index is 12.8. The molecule has 0 aliphatic heterocycles. The first-order valence-electron chi connectivity index (χ1n) is 11.3. The van der Waals surface area contributed by atoms with Crippen LogP contribution in [0.3, 0.4) is 0 Å². The maximum absolute atomic E-state index is 12.8. The number of rotatable bonds is 13. The number of amidine groups is 1. The average molecular weight is 512 g/mol. The van der Waals surface area contributed by atoms with Gasteiger partial charge in [0, 0.05) is 36.9 Å². The Bertz CT molecular complexity index is 1150. The SMILES string of the molecule is CC(=O)C[C@H](NC(=O)CCNC(=O)c1ccc(C(=N)N)cc1)C(=O)N(O)[C@@H](Cc1ccccc1)C(=O)O. The molecule has 12 nitrogen and oxygen atoms in total. The van der Waals surface area contributed by atoms with Gasteiger partial charge in [-0.15, -0.1) is 0 Å². The second-order valence-electron chi connectivity index (χ2n) is 8.25. The van der Waals surface area contributed by atoms with Crippen molar-refractivity contribution >= 4 is 35.3 Å². The minimum Gasteiger partial charge on any atom is -0.480 e. The number of carboxylic acids is 1. The summed E-state index contributed by atoms with van der Waals surface area (Å²) in [6.45, 7) is 1.08. The third-order valence-electron chi connectivity index (χ3n) is 5.30. The molecule has 37 heavy (non-hydrogen) atoms. The van der Waals surface area contributed by atoms with E-state index in [1.54, 1.807) is 30.3 Å². The molecule has 0 aliphatic rings. The Balaban J connectivity index is 1.98. The van der Waals surface area contributed by atoms with Crippen molar-refractivity contribution in [2.24, 2.45) is 5.73 Å². The van der Waals surface area contributed by atoms with Gasteiger partial charge in [-0.3, -0.25) is 29.8 Å². The van der Waals surface area contributed by atoms with Crippen molar-refractivity contribution in [3.05, 3.63) is 71.3 Å². The maximum Gasteiger partial charge on any atom is 0.329 e. The Labute approximate surface area is 212 Å². The molecule has 0 aliphatic carbocycles. The Morgan fingerprint density at radius 1 is 1.00 bits per heavy atom. The van der Waals surface area contributed by atoms with Crippen molar-refractivity contribution in [2.45, 2.75) is 38.3 Å². The molecule has 0 saturated heterocycles. The summed E-state index contributed by atoms with van der Waals surface area (Å²) in [5, 5.41) is 32.2. The van der Waals surface area contributed by atoms with E-state index < -0.39 is 48.0 Å². The fourth-order valence-electron chi connectivity index (χ4n) is 3.38. The topological polar surface area (TPSA) is 203 Å². The highest BCUT2D eigenvalue weighted by molar-refractivity contribution is 5.98. The van der Waals surface area contributed by atoms with Crippen LogP contribution in [0, 0.1) is 5.41 Å². The van der Waals surface area contributed by atoms with Gasteiger partial charge >= 0.3 is 5.97 Å². The first-order chi connectivity index (χ1) is 17.5. The van der Waals surface area contributed by atoms with Crippen LogP contribution >= 0.6 is 0 Å². The van der Waals surface area contributed by atoms with E-state index in [2.05, 4.69) is 10.6 Å². The summed E-state index contributed by atoms with van der Waals surface area (Å²) in [5.74, 6) is -4.41. The Morgan fingerprint density at radius 2 is 1.59 bits per heavy atom. The third kappa shape index (κ3) is 8.85. The summed E-state index contributed by atoms with van der Waals surface area (Å²) in [4.78, 5) is 60.9. The van der Waals surface area contributed by atoms with E-state index in [1.165, 1.54) is 31.2 Å². The van der Waals surface area contributed by atoms with Crippen LogP contribution in [0.5, 0.6) is 0 Å². The number of hydrogen-bond donors (Lipinski definition) is 6. The zero-order chi connectivity index (χ0) is 27.5. The number of hydrogen-bond acceptors (Lipinski definition) is 7. The predicted octanol–water partition coefficient (Wildman–Crippen LogP) is 0.468. The Morgan fingerprint density at radius 3 is 2.14 bits per heavy atom. The number of amides is 3. The van der Waals surface area contributed by atoms with Gasteiger partial charge in [-0.1, -0.05) is 42.5 Å². The lowest BCUT2D eigenvalue weighted by atomic mass is 10.0. The molecule has 12 heteroatoms. The molecule has 0 heterocycles. The number of carbonyl (C=O) groups excluding carboxylic acids is 4. The fourth-order valence-corrected chi connectivity index (χ4v) is 3.38. The summed E-state index contributed by atoms with van der Waals surface area (Å²) in [7, 11) is 0. The minimum atomic E-state index is -1.64. The van der Waals surface area contributed by atoms with Gasteiger partial charge in [-0.05, 0) is 24.6 Å². The van der Waals surface area contributed by atoms with Crippen LogP contribution in [0.1, 0.15) is 41.3 Å². The summed E-state index contributed by atoms with van der Waals surface area (Å²) >= 11 is 0. The van der Waals surface area contributed by atoms with E-state index in [4.69, 9.17) is 11.1 Å². The van der Waals surface area contributed by atoms with Gasteiger partial charge in [-0.25, -0.2) is 9.86 Å². The minimum absolute atomic E-state index is 0.0235. The van der Waals surface area contributed by atoms with Crippen LogP contribution in [-0.4, -0.2) is 69.3 Å². The fraction of sp³-hybridized carbons (Fsp3) is 0.280. The molecule has 2 atom stereocenters. The molecule has 0 bridgehead atoms. The first-order valence-corrected chi connectivity index (χ1v) is 11.3. The van der Waals surface area contributed by atoms with Crippen molar-refractivity contribution < 1.29 is 34.3 Å². The van der Waals surface area contributed by atoms with Crippen molar-refractivity contribution in [1.29, 1.82) is 5.41 Å². The number of ketones is 1. The second kappa shape index (κ2) is 13.5. The van der Waals surface area contributed by atoms with E-state index in [-0.39, 0.29) is 35.8 Å². The number of nitrogens with zero attached hydrogens (tertiary/aromatic N) is 1. The third-order valence-corrected chi connectivity index (χ3v) is 5.30. The van der Waals surface area contributed by atoms with Crippen molar-refractivity contribution in [3.63, 3.8) is 0 Å². The molecular formula is C25H29N5O7. The smallest absolute Gasteiger partial charge is 0.329 e. The lowest BCUT2D eigenvalue weighted by Gasteiger charge is -2.27. The molecule has 3 amide bonds. The van der Waals surface area contributed by atoms with E-state index in [0.717, 1.165) is 0 Å². The largest absolute Gasteiger partial charge is 0.480 e. The molecule has 0 spiro atoms. The summed E-state index contributed by atoms with van der Waals surface area (Å²) in [5.41, 5.74) is 6.66. The van der Waals surface area contributed by atoms with E-state index in [9.17, 15) is 34.3 Å². The van der Waals surface area contributed by atoms with E-state index >= 15 is 0 Å². The highest BCUT2D eigenvalue weighted by Crippen LogP contribution is 2.11. The lowest BCUT2D eigenvalue weighted by Crippen LogP contribution is -2.54. The van der Waals surface area contributed by atoms with E-state index in [1.807, 2.05) is 0 Å². The van der Waals surface area contributed by atoms with Gasteiger partial charge in [0.25, 0.3) is 11.8 Å². The van der Waals surface area contributed by atoms with Crippen LogP contribution in [0.25, 0.3) is 0 Å². The molecular weight excluding hydrogens is 482 g/mol. The molecule has 7 N–H and O–H groups in total. The normalized spacial score (nSPS) is 12.1.